The monoisotopic (exact) mass is 643 g/mol. The Morgan fingerprint density at radius 2 is 1.08 bits per heavy atom. The summed E-state index contributed by atoms with van der Waals surface area (Å²) in [5.74, 6) is 1.77. The molecule has 3 heteroatoms. The van der Waals surface area contributed by atoms with E-state index in [9.17, 15) is 0 Å². The smallest absolute Gasteiger partial charge is 0.136 e. The van der Waals surface area contributed by atoms with Gasteiger partial charge in [0.1, 0.15) is 11.5 Å². The molecule has 2 heterocycles. The van der Waals surface area contributed by atoms with Gasteiger partial charge in [-0.2, -0.15) is 0 Å². The van der Waals surface area contributed by atoms with Crippen LogP contribution in [0, 0.1) is 0 Å². The first-order valence-electron chi connectivity index (χ1n) is 16.6. The quantitative estimate of drug-likeness (QED) is 0.185. The number of ether oxygens (including phenoxy) is 1. The summed E-state index contributed by atoms with van der Waals surface area (Å²) in [4.78, 5) is 2.43. The zero-order valence-electron chi connectivity index (χ0n) is 26.5. The summed E-state index contributed by atoms with van der Waals surface area (Å²) in [5, 5.41) is 4.82. The molecular formula is C46H29NOS. The van der Waals surface area contributed by atoms with Crippen LogP contribution < -0.4 is 9.64 Å². The summed E-state index contributed by atoms with van der Waals surface area (Å²) in [6.07, 6.45) is 0. The van der Waals surface area contributed by atoms with Gasteiger partial charge >= 0.3 is 0 Å². The summed E-state index contributed by atoms with van der Waals surface area (Å²) >= 11 is 1.86. The maximum atomic E-state index is 6.70. The minimum absolute atomic E-state index is 0.882. The van der Waals surface area contributed by atoms with Crippen molar-refractivity contribution in [3.8, 4) is 44.9 Å². The molecule has 0 atom stereocenters. The van der Waals surface area contributed by atoms with Crippen LogP contribution in [0.25, 0.3) is 64.3 Å². The molecule has 0 unspecified atom stereocenters. The van der Waals surface area contributed by atoms with Gasteiger partial charge in [0, 0.05) is 42.2 Å². The van der Waals surface area contributed by atoms with E-state index in [4.69, 9.17) is 4.74 Å². The van der Waals surface area contributed by atoms with Crippen LogP contribution in [0.4, 0.5) is 17.1 Å². The summed E-state index contributed by atoms with van der Waals surface area (Å²) < 4.78 is 9.26. The van der Waals surface area contributed by atoms with E-state index in [1.54, 1.807) is 0 Å². The van der Waals surface area contributed by atoms with Gasteiger partial charge in [0.15, 0.2) is 0 Å². The Bertz CT molecular complexity index is 2680. The molecular weight excluding hydrogens is 615 g/mol. The van der Waals surface area contributed by atoms with Gasteiger partial charge in [-0.3, -0.25) is 0 Å². The summed E-state index contributed by atoms with van der Waals surface area (Å²) in [6, 6.07) is 63.0. The fraction of sp³-hybridized carbons (Fsp3) is 0. The second-order valence-corrected chi connectivity index (χ2v) is 13.6. The third-order valence-electron chi connectivity index (χ3n) is 9.66. The minimum atomic E-state index is 0.882. The Labute approximate surface area is 288 Å². The molecule has 0 amide bonds. The van der Waals surface area contributed by atoms with Crippen molar-refractivity contribution >= 4 is 59.3 Å². The predicted octanol–water partition coefficient (Wildman–Crippen LogP) is 13.8. The maximum Gasteiger partial charge on any atom is 0.136 e. The number of anilines is 3. The Kier molecular flexibility index (Phi) is 6.39. The number of hydrogen-bond donors (Lipinski definition) is 0. The molecule has 8 aromatic carbocycles. The molecule has 1 aromatic heterocycles. The maximum absolute atomic E-state index is 6.70. The summed E-state index contributed by atoms with van der Waals surface area (Å²) in [6.45, 7) is 0. The Morgan fingerprint density at radius 3 is 1.86 bits per heavy atom. The highest BCUT2D eigenvalue weighted by atomic mass is 32.1. The van der Waals surface area contributed by atoms with Crippen LogP contribution in [-0.2, 0) is 0 Å². The molecule has 0 saturated carbocycles. The largest absolute Gasteiger partial charge is 0.456 e. The highest BCUT2D eigenvalue weighted by Crippen LogP contribution is 2.52. The van der Waals surface area contributed by atoms with Crippen LogP contribution in [-0.4, -0.2) is 0 Å². The first-order valence-corrected chi connectivity index (χ1v) is 17.4. The van der Waals surface area contributed by atoms with Crippen molar-refractivity contribution < 1.29 is 4.74 Å². The lowest BCUT2D eigenvalue weighted by Crippen LogP contribution is -2.11. The van der Waals surface area contributed by atoms with Crippen molar-refractivity contribution in [1.82, 2.24) is 0 Å². The van der Waals surface area contributed by atoms with Gasteiger partial charge in [-0.05, 0) is 82.4 Å². The van der Waals surface area contributed by atoms with Crippen molar-refractivity contribution in [3.05, 3.63) is 176 Å². The van der Waals surface area contributed by atoms with E-state index in [1.165, 1.54) is 42.4 Å². The highest BCUT2D eigenvalue weighted by Gasteiger charge is 2.25. The van der Waals surface area contributed by atoms with E-state index in [-0.39, 0.29) is 0 Å². The molecule has 1 aliphatic heterocycles. The lowest BCUT2D eigenvalue weighted by Gasteiger charge is -2.30. The van der Waals surface area contributed by atoms with Crippen molar-refractivity contribution in [3.63, 3.8) is 0 Å². The van der Waals surface area contributed by atoms with Crippen molar-refractivity contribution in [2.75, 3.05) is 4.90 Å². The summed E-state index contributed by atoms with van der Waals surface area (Å²) in [7, 11) is 0. The van der Waals surface area contributed by atoms with Crippen molar-refractivity contribution in [2.24, 2.45) is 0 Å². The first-order chi connectivity index (χ1) is 24.3. The SMILES string of the molecule is c1ccc(-c2ccc3c(c2)Oc2ccc(N(c4ccccc4)c4cccc5sc6cc(-c7ccccc7)ccc6c45)c4cccc-3c24)cc1. The highest BCUT2D eigenvalue weighted by molar-refractivity contribution is 7.26. The average Bonchev–Trinajstić information content (AvgIpc) is 3.55. The third-order valence-corrected chi connectivity index (χ3v) is 10.8. The van der Waals surface area contributed by atoms with E-state index in [0.717, 1.165) is 50.5 Å². The van der Waals surface area contributed by atoms with Crippen LogP contribution in [0.15, 0.2) is 176 Å². The number of hydrogen-bond acceptors (Lipinski definition) is 3. The van der Waals surface area contributed by atoms with E-state index in [0.29, 0.717) is 0 Å². The molecule has 49 heavy (non-hydrogen) atoms. The van der Waals surface area contributed by atoms with Crippen LogP contribution >= 0.6 is 11.3 Å². The number of rotatable bonds is 5. The van der Waals surface area contributed by atoms with Gasteiger partial charge in [0.25, 0.3) is 0 Å². The third kappa shape index (κ3) is 4.55. The average molecular weight is 644 g/mol. The van der Waals surface area contributed by atoms with E-state index in [2.05, 4.69) is 181 Å². The molecule has 0 aliphatic carbocycles. The Hall–Kier alpha value is -6.16. The molecule has 0 radical (unpaired) electrons. The zero-order chi connectivity index (χ0) is 32.3. The number of para-hydroxylation sites is 1. The molecule has 0 fully saturated rings. The minimum Gasteiger partial charge on any atom is -0.456 e. The molecule has 2 nitrogen and oxygen atoms in total. The molecule has 0 bridgehead atoms. The van der Waals surface area contributed by atoms with Crippen LogP contribution in [0.5, 0.6) is 11.5 Å². The second kappa shape index (κ2) is 11.2. The van der Waals surface area contributed by atoms with Gasteiger partial charge in [-0.15, -0.1) is 11.3 Å². The van der Waals surface area contributed by atoms with Crippen molar-refractivity contribution in [1.29, 1.82) is 0 Å². The van der Waals surface area contributed by atoms with Gasteiger partial charge in [-0.1, -0.05) is 121 Å². The van der Waals surface area contributed by atoms with Gasteiger partial charge in [0.2, 0.25) is 0 Å². The lowest BCUT2D eigenvalue weighted by molar-refractivity contribution is 0.487. The molecule has 0 spiro atoms. The molecule has 1 aliphatic rings. The van der Waals surface area contributed by atoms with E-state index in [1.807, 2.05) is 11.3 Å². The first kappa shape index (κ1) is 27.9. The normalized spacial score (nSPS) is 11.8. The van der Waals surface area contributed by atoms with Crippen LogP contribution in [0.3, 0.4) is 0 Å². The number of benzene rings is 8. The fourth-order valence-corrected chi connectivity index (χ4v) is 8.58. The van der Waals surface area contributed by atoms with Gasteiger partial charge in [0.05, 0.1) is 11.4 Å². The molecule has 0 N–H and O–H groups in total. The number of thiophene rings is 1. The predicted molar refractivity (Wildman–Crippen MR) is 208 cm³/mol. The van der Waals surface area contributed by atoms with Crippen LogP contribution in [0.1, 0.15) is 0 Å². The number of fused-ring (bicyclic) bond motifs is 5. The molecule has 9 aromatic rings. The van der Waals surface area contributed by atoms with E-state index >= 15 is 0 Å². The van der Waals surface area contributed by atoms with Gasteiger partial charge < -0.3 is 9.64 Å². The summed E-state index contributed by atoms with van der Waals surface area (Å²) in [5.41, 5.74) is 10.5. The van der Waals surface area contributed by atoms with E-state index < -0.39 is 0 Å². The fourth-order valence-electron chi connectivity index (χ4n) is 7.41. The molecule has 0 saturated heterocycles. The van der Waals surface area contributed by atoms with Crippen molar-refractivity contribution in [2.45, 2.75) is 0 Å². The van der Waals surface area contributed by atoms with Gasteiger partial charge in [-0.25, -0.2) is 0 Å². The molecule has 10 rings (SSSR count). The van der Waals surface area contributed by atoms with Crippen LogP contribution in [0.2, 0.25) is 0 Å². The topological polar surface area (TPSA) is 12.5 Å². The second-order valence-electron chi connectivity index (χ2n) is 12.5. The molecule has 230 valence electrons. The lowest BCUT2D eigenvalue weighted by atomic mass is 9.92. The standard InChI is InChI=1S/C46H29NOS/c1-4-12-30(13-5-1)32-22-24-35-36-18-10-19-37-39(26-27-41(45(36)37)48-42(35)28-32)47(34-16-8-3-9-17-34)40-20-11-21-43-46(40)38-25-23-33(29-44(38)49-43)31-14-6-2-7-15-31/h1-29H. The Balaban J connectivity index is 1.17. The number of nitrogens with zero attached hydrogens (tertiary/aromatic N) is 1. The zero-order valence-corrected chi connectivity index (χ0v) is 27.3. The Morgan fingerprint density at radius 1 is 0.388 bits per heavy atom.